The third-order valence-corrected chi connectivity index (χ3v) is 2.61. The maximum absolute atomic E-state index is 11.3. The smallest absolute Gasteiger partial charge is 0.220 e. The van der Waals surface area contributed by atoms with Crippen molar-refractivity contribution in [2.24, 2.45) is 0 Å². The lowest BCUT2D eigenvalue weighted by Crippen LogP contribution is -2.47. The first-order valence-corrected chi connectivity index (χ1v) is 5.19. The molecule has 1 aliphatic carbocycles. The van der Waals surface area contributed by atoms with E-state index in [2.05, 4.69) is 5.32 Å². The zero-order chi connectivity index (χ0) is 10.4. The number of aliphatic hydroxyl groups excluding tert-OH is 1. The van der Waals surface area contributed by atoms with Crippen molar-refractivity contribution in [1.82, 2.24) is 5.32 Å². The molecule has 4 nitrogen and oxygen atoms in total. The van der Waals surface area contributed by atoms with Crippen LogP contribution in [-0.4, -0.2) is 36.9 Å². The minimum absolute atomic E-state index is 0.0954. The first-order chi connectivity index (χ1) is 6.76. The van der Waals surface area contributed by atoms with E-state index in [1.54, 1.807) is 7.11 Å². The lowest BCUT2D eigenvalue weighted by Gasteiger charge is -2.34. The van der Waals surface area contributed by atoms with Crippen LogP contribution in [0.15, 0.2) is 0 Å². The van der Waals surface area contributed by atoms with E-state index in [0.29, 0.717) is 25.0 Å². The van der Waals surface area contributed by atoms with Gasteiger partial charge in [-0.3, -0.25) is 4.79 Å². The van der Waals surface area contributed by atoms with Gasteiger partial charge in [0, 0.05) is 26.2 Å². The molecule has 0 saturated heterocycles. The van der Waals surface area contributed by atoms with Gasteiger partial charge in [-0.2, -0.15) is 0 Å². The molecule has 4 heteroatoms. The second kappa shape index (κ2) is 5.98. The summed E-state index contributed by atoms with van der Waals surface area (Å²) in [6, 6.07) is 0.307. The Labute approximate surface area is 84.6 Å². The SMILES string of the molecule is COC1CC(NC(=O)CCCCO)C1. The molecule has 0 aliphatic heterocycles. The highest BCUT2D eigenvalue weighted by Crippen LogP contribution is 2.22. The van der Waals surface area contributed by atoms with Gasteiger partial charge in [0.15, 0.2) is 0 Å². The Kier molecular flexibility index (Phi) is 4.90. The van der Waals surface area contributed by atoms with Crippen LogP contribution in [0.5, 0.6) is 0 Å². The van der Waals surface area contributed by atoms with Gasteiger partial charge >= 0.3 is 0 Å². The van der Waals surface area contributed by atoms with E-state index < -0.39 is 0 Å². The van der Waals surface area contributed by atoms with Crippen molar-refractivity contribution >= 4 is 5.91 Å². The molecule has 82 valence electrons. The molecule has 1 aliphatic rings. The highest BCUT2D eigenvalue weighted by molar-refractivity contribution is 5.76. The fourth-order valence-corrected chi connectivity index (χ4v) is 1.57. The Morgan fingerprint density at radius 1 is 1.50 bits per heavy atom. The zero-order valence-electron chi connectivity index (χ0n) is 8.66. The van der Waals surface area contributed by atoms with Crippen molar-refractivity contribution in [3.05, 3.63) is 0 Å². The van der Waals surface area contributed by atoms with E-state index in [9.17, 15) is 4.79 Å². The summed E-state index contributed by atoms with van der Waals surface area (Å²) in [5.41, 5.74) is 0. The van der Waals surface area contributed by atoms with Crippen LogP contribution in [0.4, 0.5) is 0 Å². The number of methoxy groups -OCH3 is 1. The number of hydrogen-bond donors (Lipinski definition) is 2. The third-order valence-electron chi connectivity index (χ3n) is 2.61. The molecule has 0 unspecified atom stereocenters. The molecule has 0 spiro atoms. The number of aliphatic hydroxyl groups is 1. The number of hydrogen-bond acceptors (Lipinski definition) is 3. The fraction of sp³-hybridized carbons (Fsp3) is 0.900. The average molecular weight is 201 g/mol. The molecule has 0 bridgehead atoms. The van der Waals surface area contributed by atoms with Crippen LogP contribution in [0.2, 0.25) is 0 Å². The molecular formula is C10H19NO3. The van der Waals surface area contributed by atoms with Crippen LogP contribution in [0.1, 0.15) is 32.1 Å². The van der Waals surface area contributed by atoms with Crippen molar-refractivity contribution in [3.63, 3.8) is 0 Å². The predicted octanol–water partition coefficient (Wildman–Crippen LogP) is 0.443. The fourth-order valence-electron chi connectivity index (χ4n) is 1.57. The number of nitrogens with one attached hydrogen (secondary N) is 1. The summed E-state index contributed by atoms with van der Waals surface area (Å²) in [5, 5.41) is 11.5. The van der Waals surface area contributed by atoms with Crippen LogP contribution in [-0.2, 0) is 9.53 Å². The number of amides is 1. The highest BCUT2D eigenvalue weighted by Gasteiger charge is 2.29. The van der Waals surface area contributed by atoms with Crippen LogP contribution in [0.3, 0.4) is 0 Å². The van der Waals surface area contributed by atoms with Gasteiger partial charge in [0.05, 0.1) is 6.10 Å². The average Bonchev–Trinajstić information content (AvgIpc) is 2.11. The van der Waals surface area contributed by atoms with E-state index in [-0.39, 0.29) is 12.5 Å². The van der Waals surface area contributed by atoms with E-state index in [1.807, 2.05) is 0 Å². The summed E-state index contributed by atoms with van der Waals surface area (Å²) in [5.74, 6) is 0.0954. The standard InChI is InChI=1S/C10H19NO3/c1-14-9-6-8(7-9)11-10(13)4-2-3-5-12/h8-9,12H,2-7H2,1H3,(H,11,13). The van der Waals surface area contributed by atoms with Gasteiger partial charge < -0.3 is 15.2 Å². The largest absolute Gasteiger partial charge is 0.396 e. The first kappa shape index (κ1) is 11.5. The summed E-state index contributed by atoms with van der Waals surface area (Å²) in [6.07, 6.45) is 4.19. The minimum Gasteiger partial charge on any atom is -0.396 e. The van der Waals surface area contributed by atoms with Crippen molar-refractivity contribution < 1.29 is 14.6 Å². The molecule has 0 aromatic rings. The minimum atomic E-state index is 0.0954. The maximum Gasteiger partial charge on any atom is 0.220 e. The van der Waals surface area contributed by atoms with Gasteiger partial charge in [0.25, 0.3) is 0 Å². The van der Waals surface area contributed by atoms with E-state index in [4.69, 9.17) is 9.84 Å². The molecule has 0 heterocycles. The van der Waals surface area contributed by atoms with Crippen molar-refractivity contribution in [2.45, 2.75) is 44.2 Å². The molecule has 1 rings (SSSR count). The molecular weight excluding hydrogens is 182 g/mol. The Hall–Kier alpha value is -0.610. The van der Waals surface area contributed by atoms with Crippen LogP contribution < -0.4 is 5.32 Å². The van der Waals surface area contributed by atoms with Gasteiger partial charge in [0.2, 0.25) is 5.91 Å². The topological polar surface area (TPSA) is 58.6 Å². The number of unbranched alkanes of at least 4 members (excludes halogenated alkanes) is 1. The normalized spacial score (nSPS) is 25.6. The molecule has 0 aromatic heterocycles. The Morgan fingerprint density at radius 2 is 2.21 bits per heavy atom. The molecule has 1 fully saturated rings. The van der Waals surface area contributed by atoms with Gasteiger partial charge in [-0.05, 0) is 25.7 Å². The lowest BCUT2D eigenvalue weighted by molar-refractivity contribution is -0.123. The summed E-state index contributed by atoms with van der Waals surface area (Å²) in [4.78, 5) is 11.3. The molecule has 0 aromatic carbocycles. The second-order valence-corrected chi connectivity index (χ2v) is 3.77. The number of ether oxygens (including phenoxy) is 1. The number of rotatable bonds is 6. The maximum atomic E-state index is 11.3. The van der Waals surface area contributed by atoms with Crippen molar-refractivity contribution in [2.75, 3.05) is 13.7 Å². The van der Waals surface area contributed by atoms with Gasteiger partial charge in [-0.25, -0.2) is 0 Å². The quantitative estimate of drug-likeness (QED) is 0.613. The Morgan fingerprint density at radius 3 is 2.79 bits per heavy atom. The summed E-state index contributed by atoms with van der Waals surface area (Å²) in [7, 11) is 1.70. The van der Waals surface area contributed by atoms with Gasteiger partial charge in [0.1, 0.15) is 0 Å². The van der Waals surface area contributed by atoms with Crippen LogP contribution in [0, 0.1) is 0 Å². The van der Waals surface area contributed by atoms with Crippen LogP contribution >= 0.6 is 0 Å². The summed E-state index contributed by atoms with van der Waals surface area (Å²) in [6.45, 7) is 0.169. The van der Waals surface area contributed by atoms with Crippen LogP contribution in [0.25, 0.3) is 0 Å². The summed E-state index contributed by atoms with van der Waals surface area (Å²) >= 11 is 0. The van der Waals surface area contributed by atoms with E-state index in [1.165, 1.54) is 0 Å². The Bertz CT molecular complexity index is 178. The first-order valence-electron chi connectivity index (χ1n) is 5.19. The molecule has 0 atom stereocenters. The third kappa shape index (κ3) is 3.64. The second-order valence-electron chi connectivity index (χ2n) is 3.77. The van der Waals surface area contributed by atoms with E-state index >= 15 is 0 Å². The van der Waals surface area contributed by atoms with Crippen molar-refractivity contribution in [3.8, 4) is 0 Å². The molecule has 14 heavy (non-hydrogen) atoms. The van der Waals surface area contributed by atoms with Crippen molar-refractivity contribution in [1.29, 1.82) is 0 Å². The highest BCUT2D eigenvalue weighted by atomic mass is 16.5. The number of carbonyl (C=O) groups excluding carboxylic acids is 1. The molecule has 1 amide bonds. The number of carbonyl (C=O) groups is 1. The molecule has 1 saturated carbocycles. The predicted molar refractivity (Wildman–Crippen MR) is 52.9 cm³/mol. The monoisotopic (exact) mass is 201 g/mol. The lowest BCUT2D eigenvalue weighted by atomic mass is 9.89. The molecule has 0 radical (unpaired) electrons. The van der Waals surface area contributed by atoms with Gasteiger partial charge in [-0.15, -0.1) is 0 Å². The Balaban J connectivity index is 1.99. The molecule has 2 N–H and O–H groups in total. The van der Waals surface area contributed by atoms with E-state index in [0.717, 1.165) is 19.3 Å². The van der Waals surface area contributed by atoms with Gasteiger partial charge in [-0.1, -0.05) is 0 Å². The zero-order valence-corrected chi connectivity index (χ0v) is 8.66. The summed E-state index contributed by atoms with van der Waals surface area (Å²) < 4.78 is 5.11.